The van der Waals surface area contributed by atoms with Crippen LogP contribution < -0.4 is 11.1 Å². The van der Waals surface area contributed by atoms with Crippen LogP contribution in [0, 0.1) is 0 Å². The van der Waals surface area contributed by atoms with E-state index in [2.05, 4.69) is 10.1 Å². The summed E-state index contributed by atoms with van der Waals surface area (Å²) in [7, 11) is 0. The minimum Gasteiger partial charge on any atom is -0.443 e. The third kappa shape index (κ3) is 2.07. The van der Waals surface area contributed by atoms with E-state index in [0.717, 1.165) is 0 Å². The Hall–Kier alpha value is -0.480. The monoisotopic (exact) mass is 152 g/mol. The van der Waals surface area contributed by atoms with E-state index in [1.54, 1.807) is 0 Å². The third-order valence-electron chi connectivity index (χ3n) is 1.01. The van der Waals surface area contributed by atoms with E-state index < -0.39 is 0 Å². The molecule has 0 bridgehead atoms. The number of ether oxygens (including phenoxy) is 1. The number of rotatable bonds is 1. The standard InChI is InChI=1S/C4H8N2O2.ClH/c5-1-3-2-6-4(7)8-3;/h3H,1-2,5H2,(H,6,7);1H/t3-;/m0./s1. The zero-order valence-corrected chi connectivity index (χ0v) is 5.61. The Balaban J connectivity index is 0.000000640. The van der Waals surface area contributed by atoms with Gasteiger partial charge in [0.2, 0.25) is 0 Å². The van der Waals surface area contributed by atoms with Crippen molar-refractivity contribution in [2.75, 3.05) is 13.1 Å². The lowest BCUT2D eigenvalue weighted by Crippen LogP contribution is -2.23. The first-order chi connectivity index (χ1) is 3.83. The Bertz CT molecular complexity index is 109. The zero-order chi connectivity index (χ0) is 5.98. The summed E-state index contributed by atoms with van der Waals surface area (Å²) in [5, 5.41) is 2.48. The fourth-order valence-corrected chi connectivity index (χ4v) is 0.563. The van der Waals surface area contributed by atoms with Gasteiger partial charge >= 0.3 is 6.09 Å². The molecule has 1 heterocycles. The quantitative estimate of drug-likeness (QED) is 0.531. The Morgan fingerprint density at radius 3 is 2.78 bits per heavy atom. The molecule has 4 nitrogen and oxygen atoms in total. The SMILES string of the molecule is Cl.NC[C@H]1CNC(=O)O1. The molecule has 1 rings (SSSR count). The Morgan fingerprint density at radius 2 is 2.56 bits per heavy atom. The van der Waals surface area contributed by atoms with E-state index in [0.29, 0.717) is 13.1 Å². The normalized spacial score (nSPS) is 24.1. The summed E-state index contributed by atoms with van der Waals surface area (Å²) in [6, 6.07) is 0. The minimum atomic E-state index is -0.361. The predicted molar refractivity (Wildman–Crippen MR) is 34.6 cm³/mol. The molecule has 0 spiro atoms. The second-order valence-electron chi connectivity index (χ2n) is 1.64. The molecular formula is C4H9ClN2O2. The summed E-state index contributed by atoms with van der Waals surface area (Å²) >= 11 is 0. The number of halogens is 1. The molecule has 1 aliphatic heterocycles. The number of hydrogen-bond donors (Lipinski definition) is 2. The molecule has 0 aromatic carbocycles. The van der Waals surface area contributed by atoms with Gasteiger partial charge in [0.15, 0.2) is 0 Å². The summed E-state index contributed by atoms with van der Waals surface area (Å²) in [6.45, 7) is 0.952. The van der Waals surface area contributed by atoms with Crippen molar-refractivity contribution >= 4 is 18.5 Å². The lowest BCUT2D eigenvalue weighted by molar-refractivity contribution is 0.144. The van der Waals surface area contributed by atoms with E-state index in [9.17, 15) is 4.79 Å². The van der Waals surface area contributed by atoms with Crippen LogP contribution in [-0.2, 0) is 4.74 Å². The van der Waals surface area contributed by atoms with Crippen LogP contribution in [0.3, 0.4) is 0 Å². The van der Waals surface area contributed by atoms with Crippen molar-refractivity contribution in [2.24, 2.45) is 5.73 Å². The Kier molecular flexibility index (Phi) is 3.34. The summed E-state index contributed by atoms with van der Waals surface area (Å²) in [6.07, 6.45) is -0.469. The predicted octanol–water partition coefficient (Wildman–Crippen LogP) is -0.525. The Labute approximate surface area is 59.1 Å². The highest BCUT2D eigenvalue weighted by Gasteiger charge is 2.19. The molecule has 0 unspecified atom stereocenters. The van der Waals surface area contributed by atoms with Crippen molar-refractivity contribution in [1.82, 2.24) is 5.32 Å². The number of hydrogen-bond acceptors (Lipinski definition) is 3. The second kappa shape index (κ2) is 3.53. The third-order valence-corrected chi connectivity index (χ3v) is 1.01. The molecule has 0 saturated carbocycles. The highest BCUT2D eigenvalue weighted by molar-refractivity contribution is 5.85. The van der Waals surface area contributed by atoms with Gasteiger partial charge in [-0.2, -0.15) is 0 Å². The van der Waals surface area contributed by atoms with Gasteiger partial charge in [-0.1, -0.05) is 0 Å². The van der Waals surface area contributed by atoms with Crippen molar-refractivity contribution in [1.29, 1.82) is 0 Å². The van der Waals surface area contributed by atoms with Crippen LogP contribution >= 0.6 is 12.4 Å². The molecule has 0 aromatic rings. The lowest BCUT2D eigenvalue weighted by Gasteiger charge is -1.99. The number of carbonyl (C=O) groups excluding carboxylic acids is 1. The van der Waals surface area contributed by atoms with Crippen LogP contribution in [0.25, 0.3) is 0 Å². The van der Waals surface area contributed by atoms with Crippen LogP contribution in [0.5, 0.6) is 0 Å². The first-order valence-corrected chi connectivity index (χ1v) is 2.47. The Morgan fingerprint density at radius 1 is 1.89 bits per heavy atom. The second-order valence-corrected chi connectivity index (χ2v) is 1.64. The summed E-state index contributed by atoms with van der Waals surface area (Å²) in [5.74, 6) is 0. The number of alkyl carbamates (subject to hydrolysis) is 1. The van der Waals surface area contributed by atoms with Crippen LogP contribution in [0.1, 0.15) is 0 Å². The van der Waals surface area contributed by atoms with Gasteiger partial charge in [-0.05, 0) is 0 Å². The molecule has 0 aromatic heterocycles. The topological polar surface area (TPSA) is 64.3 Å². The maximum absolute atomic E-state index is 10.2. The van der Waals surface area contributed by atoms with E-state index in [1.807, 2.05) is 0 Å². The molecule has 1 aliphatic rings. The van der Waals surface area contributed by atoms with Gasteiger partial charge in [0.05, 0.1) is 6.54 Å². The molecule has 0 radical (unpaired) electrons. The van der Waals surface area contributed by atoms with Gasteiger partial charge in [-0.25, -0.2) is 4.79 Å². The van der Waals surface area contributed by atoms with Crippen molar-refractivity contribution in [2.45, 2.75) is 6.10 Å². The molecule has 3 N–H and O–H groups in total. The maximum Gasteiger partial charge on any atom is 0.407 e. The number of nitrogens with one attached hydrogen (secondary N) is 1. The van der Waals surface area contributed by atoms with E-state index in [-0.39, 0.29) is 24.6 Å². The largest absolute Gasteiger partial charge is 0.443 e. The highest BCUT2D eigenvalue weighted by Crippen LogP contribution is 1.95. The average Bonchev–Trinajstić information content (AvgIpc) is 2.14. The number of carbonyl (C=O) groups is 1. The number of cyclic esters (lactones) is 1. The molecule has 54 valence electrons. The summed E-state index contributed by atoms with van der Waals surface area (Å²) in [5.41, 5.74) is 5.18. The highest BCUT2D eigenvalue weighted by atomic mass is 35.5. The van der Waals surface area contributed by atoms with E-state index >= 15 is 0 Å². The molecular weight excluding hydrogens is 144 g/mol. The average molecular weight is 153 g/mol. The first-order valence-electron chi connectivity index (χ1n) is 2.47. The van der Waals surface area contributed by atoms with Crippen LogP contribution in [0.2, 0.25) is 0 Å². The number of nitrogens with two attached hydrogens (primary N) is 1. The van der Waals surface area contributed by atoms with Crippen molar-refractivity contribution < 1.29 is 9.53 Å². The van der Waals surface area contributed by atoms with Crippen molar-refractivity contribution in [3.63, 3.8) is 0 Å². The molecule has 1 atom stereocenters. The maximum atomic E-state index is 10.2. The fraction of sp³-hybridized carbons (Fsp3) is 0.750. The summed E-state index contributed by atoms with van der Waals surface area (Å²) < 4.78 is 4.64. The van der Waals surface area contributed by atoms with E-state index in [4.69, 9.17) is 5.73 Å². The molecule has 5 heteroatoms. The summed E-state index contributed by atoms with van der Waals surface area (Å²) in [4.78, 5) is 10.2. The van der Waals surface area contributed by atoms with Crippen LogP contribution in [-0.4, -0.2) is 25.3 Å². The van der Waals surface area contributed by atoms with Gasteiger partial charge < -0.3 is 15.8 Å². The molecule has 1 fully saturated rings. The molecule has 0 aliphatic carbocycles. The molecule has 9 heavy (non-hydrogen) atoms. The van der Waals surface area contributed by atoms with Crippen LogP contribution in [0.15, 0.2) is 0 Å². The van der Waals surface area contributed by atoms with Gasteiger partial charge in [0, 0.05) is 6.54 Å². The van der Waals surface area contributed by atoms with Gasteiger partial charge in [0.25, 0.3) is 0 Å². The van der Waals surface area contributed by atoms with Gasteiger partial charge in [0.1, 0.15) is 6.10 Å². The van der Waals surface area contributed by atoms with E-state index in [1.165, 1.54) is 0 Å². The smallest absolute Gasteiger partial charge is 0.407 e. The molecule has 1 amide bonds. The van der Waals surface area contributed by atoms with Gasteiger partial charge in [-0.15, -0.1) is 12.4 Å². The minimum absolute atomic E-state index is 0. The van der Waals surface area contributed by atoms with Crippen molar-refractivity contribution in [3.8, 4) is 0 Å². The zero-order valence-electron chi connectivity index (χ0n) is 4.79. The van der Waals surface area contributed by atoms with Gasteiger partial charge in [-0.3, -0.25) is 0 Å². The van der Waals surface area contributed by atoms with Crippen LogP contribution in [0.4, 0.5) is 4.79 Å². The lowest BCUT2D eigenvalue weighted by atomic mass is 10.4. The number of amides is 1. The van der Waals surface area contributed by atoms with Crippen molar-refractivity contribution in [3.05, 3.63) is 0 Å². The molecule has 1 saturated heterocycles. The first kappa shape index (κ1) is 8.52. The fourth-order valence-electron chi connectivity index (χ4n) is 0.563.